The number of aryl methyl sites for hydroxylation is 1. The molecule has 0 aliphatic heterocycles. The first-order valence-corrected chi connectivity index (χ1v) is 9.43. The van der Waals surface area contributed by atoms with Crippen molar-refractivity contribution in [1.29, 1.82) is 0 Å². The van der Waals surface area contributed by atoms with E-state index in [4.69, 9.17) is 13.9 Å². The van der Waals surface area contributed by atoms with Crippen LogP contribution < -0.4 is 15.4 Å². The number of benzene rings is 1. The molecule has 2 N–H and O–H groups in total. The fraction of sp³-hybridized carbons (Fsp3) is 0.429. The Labute approximate surface area is 188 Å². The topological polar surface area (TPSA) is 85.1 Å². The van der Waals surface area contributed by atoms with Crippen LogP contribution in [0, 0.1) is 12.8 Å². The molecule has 7 nitrogen and oxygen atoms in total. The number of guanidine groups is 1. The molecule has 0 radical (unpaired) electrons. The molecule has 158 valence electrons. The molecule has 0 unspecified atom stereocenters. The molecule has 1 aromatic heterocycles. The van der Waals surface area contributed by atoms with Gasteiger partial charge in [0.1, 0.15) is 22.8 Å². The third kappa shape index (κ3) is 6.66. The number of halogens is 1. The van der Waals surface area contributed by atoms with Crippen LogP contribution in [-0.4, -0.2) is 32.7 Å². The highest BCUT2D eigenvalue weighted by atomic mass is 127. The molecule has 0 spiro atoms. The number of hydrogen-bond donors (Lipinski definition) is 2. The Morgan fingerprint density at radius 3 is 2.66 bits per heavy atom. The fourth-order valence-corrected chi connectivity index (χ4v) is 2.80. The minimum absolute atomic E-state index is 0. The Hall–Kier alpha value is -2.23. The smallest absolute Gasteiger partial charge is 0.341 e. The molecule has 0 atom stereocenters. The van der Waals surface area contributed by atoms with Crippen LogP contribution in [-0.2, 0) is 17.8 Å². The van der Waals surface area contributed by atoms with Crippen LogP contribution in [0.5, 0.6) is 5.75 Å². The van der Waals surface area contributed by atoms with E-state index in [9.17, 15) is 4.79 Å². The molecule has 3 rings (SSSR count). The van der Waals surface area contributed by atoms with E-state index < -0.39 is 5.97 Å². The number of carbonyl (C=O) groups is 1. The van der Waals surface area contributed by atoms with E-state index in [2.05, 4.69) is 15.6 Å². The monoisotopic (exact) mass is 513 g/mol. The number of hydrogen-bond acceptors (Lipinski definition) is 5. The summed E-state index contributed by atoms with van der Waals surface area (Å²) in [7, 11) is 3.06. The summed E-state index contributed by atoms with van der Waals surface area (Å²) in [5.74, 6) is 3.01. The molecule has 0 saturated heterocycles. The minimum atomic E-state index is -0.405. The van der Waals surface area contributed by atoms with Crippen LogP contribution in [0.25, 0.3) is 0 Å². The lowest BCUT2D eigenvalue weighted by Crippen LogP contribution is -2.36. The molecule has 0 bridgehead atoms. The molecule has 1 fully saturated rings. The van der Waals surface area contributed by atoms with Gasteiger partial charge in [0, 0.05) is 19.2 Å². The van der Waals surface area contributed by atoms with E-state index in [0.29, 0.717) is 42.1 Å². The normalized spacial score (nSPS) is 13.4. The predicted octanol–water partition coefficient (Wildman–Crippen LogP) is 3.65. The van der Waals surface area contributed by atoms with Crippen molar-refractivity contribution in [3.63, 3.8) is 0 Å². The molecule has 1 aliphatic carbocycles. The van der Waals surface area contributed by atoms with Gasteiger partial charge in [0.15, 0.2) is 5.96 Å². The van der Waals surface area contributed by atoms with Crippen LogP contribution in [0.1, 0.15) is 40.3 Å². The second kappa shape index (κ2) is 11.1. The Balaban J connectivity index is 0.00000300. The van der Waals surface area contributed by atoms with Gasteiger partial charge in [-0.25, -0.2) is 4.79 Å². The van der Waals surface area contributed by atoms with Gasteiger partial charge in [-0.15, -0.1) is 24.0 Å². The van der Waals surface area contributed by atoms with Gasteiger partial charge in [0.05, 0.1) is 20.3 Å². The Bertz CT molecular complexity index is 846. The highest BCUT2D eigenvalue weighted by Crippen LogP contribution is 2.30. The quantitative estimate of drug-likeness (QED) is 0.243. The van der Waals surface area contributed by atoms with E-state index >= 15 is 0 Å². The van der Waals surface area contributed by atoms with Gasteiger partial charge >= 0.3 is 5.97 Å². The molecule has 8 heteroatoms. The number of furan rings is 1. The summed E-state index contributed by atoms with van der Waals surface area (Å²) in [6, 6.07) is 9.70. The minimum Gasteiger partial charge on any atom is -0.493 e. The molecule has 0 amide bonds. The van der Waals surface area contributed by atoms with Gasteiger partial charge < -0.3 is 24.5 Å². The zero-order chi connectivity index (χ0) is 19.9. The average molecular weight is 513 g/mol. The number of nitrogens with one attached hydrogen (secondary N) is 2. The summed E-state index contributed by atoms with van der Waals surface area (Å²) in [5.41, 5.74) is 1.51. The van der Waals surface area contributed by atoms with Gasteiger partial charge in [0.25, 0.3) is 0 Å². The maximum Gasteiger partial charge on any atom is 0.341 e. The number of methoxy groups -OCH3 is 1. The van der Waals surface area contributed by atoms with Crippen LogP contribution in [0.2, 0.25) is 0 Å². The summed E-state index contributed by atoms with van der Waals surface area (Å²) in [6.45, 7) is 3.51. The zero-order valence-corrected chi connectivity index (χ0v) is 19.3. The first-order valence-electron chi connectivity index (χ1n) is 9.43. The third-order valence-electron chi connectivity index (χ3n) is 4.62. The molecule has 1 saturated carbocycles. The highest BCUT2D eigenvalue weighted by Gasteiger charge is 2.22. The second-order valence-electron chi connectivity index (χ2n) is 6.82. The Kier molecular flexibility index (Phi) is 8.81. The van der Waals surface area contributed by atoms with Crippen molar-refractivity contribution < 1.29 is 18.7 Å². The van der Waals surface area contributed by atoms with Crippen molar-refractivity contribution in [1.82, 2.24) is 10.6 Å². The van der Waals surface area contributed by atoms with E-state index in [1.807, 2.05) is 24.3 Å². The number of carbonyl (C=O) groups excluding carboxylic acids is 1. The van der Waals surface area contributed by atoms with E-state index in [0.717, 1.165) is 17.9 Å². The average Bonchev–Trinajstić information content (AvgIpc) is 3.47. The first-order chi connectivity index (χ1) is 13.6. The Morgan fingerprint density at radius 1 is 1.24 bits per heavy atom. The summed E-state index contributed by atoms with van der Waals surface area (Å²) in [4.78, 5) is 15.9. The number of aliphatic imine (C=N–C) groups is 1. The fourth-order valence-electron chi connectivity index (χ4n) is 2.80. The molecule has 1 aromatic carbocycles. The number of nitrogens with zero attached hydrogens (tertiary/aromatic N) is 1. The van der Waals surface area contributed by atoms with E-state index in [1.54, 1.807) is 20.0 Å². The summed E-state index contributed by atoms with van der Waals surface area (Å²) in [6.07, 6.45) is 2.53. The van der Waals surface area contributed by atoms with Crippen molar-refractivity contribution in [2.24, 2.45) is 10.9 Å². The highest BCUT2D eigenvalue weighted by molar-refractivity contribution is 14.0. The van der Waals surface area contributed by atoms with E-state index in [-0.39, 0.29) is 24.0 Å². The molecular formula is C21H28IN3O4. The number of ether oxygens (including phenoxy) is 2. The first kappa shape index (κ1) is 23.1. The Morgan fingerprint density at radius 2 is 1.97 bits per heavy atom. The van der Waals surface area contributed by atoms with Gasteiger partial charge in [-0.1, -0.05) is 18.2 Å². The molecule has 29 heavy (non-hydrogen) atoms. The SMILES string of the molecule is CN=C(NCc1cc(C(=O)OC)c(C)o1)NCc1ccccc1OCC1CC1.I. The summed E-state index contributed by atoms with van der Waals surface area (Å²) in [5, 5.41) is 6.47. The number of para-hydroxylation sites is 1. The molecular weight excluding hydrogens is 485 g/mol. The van der Waals surface area contributed by atoms with Crippen LogP contribution in [0.15, 0.2) is 39.7 Å². The van der Waals surface area contributed by atoms with Crippen molar-refractivity contribution >= 4 is 35.9 Å². The van der Waals surface area contributed by atoms with Crippen LogP contribution in [0.3, 0.4) is 0 Å². The van der Waals surface area contributed by atoms with Gasteiger partial charge in [-0.2, -0.15) is 0 Å². The van der Waals surface area contributed by atoms with Crippen LogP contribution >= 0.6 is 24.0 Å². The van der Waals surface area contributed by atoms with Crippen molar-refractivity contribution in [2.45, 2.75) is 32.9 Å². The maximum atomic E-state index is 11.7. The molecule has 1 heterocycles. The number of rotatable bonds is 8. The molecule has 1 aliphatic rings. The van der Waals surface area contributed by atoms with Crippen molar-refractivity contribution in [3.8, 4) is 5.75 Å². The lowest BCUT2D eigenvalue weighted by atomic mass is 10.2. The lowest BCUT2D eigenvalue weighted by molar-refractivity contribution is 0.0599. The third-order valence-corrected chi connectivity index (χ3v) is 4.62. The maximum absolute atomic E-state index is 11.7. The second-order valence-corrected chi connectivity index (χ2v) is 6.82. The zero-order valence-electron chi connectivity index (χ0n) is 17.0. The van der Waals surface area contributed by atoms with Gasteiger partial charge in [-0.3, -0.25) is 4.99 Å². The lowest BCUT2D eigenvalue weighted by Gasteiger charge is -2.14. The largest absolute Gasteiger partial charge is 0.493 e. The predicted molar refractivity (Wildman–Crippen MR) is 122 cm³/mol. The van der Waals surface area contributed by atoms with Crippen LogP contribution in [0.4, 0.5) is 0 Å². The molecule has 2 aromatic rings. The summed E-state index contributed by atoms with van der Waals surface area (Å²) < 4.78 is 16.3. The van der Waals surface area contributed by atoms with Gasteiger partial charge in [-0.05, 0) is 37.8 Å². The standard InChI is InChI=1S/C21H27N3O4.HI/c1-14-18(20(25)26-3)10-17(28-14)12-24-21(22-2)23-11-16-6-4-5-7-19(16)27-13-15-8-9-15;/h4-7,10,15H,8-9,11-13H2,1-3H3,(H2,22,23,24);1H. The van der Waals surface area contributed by atoms with E-state index in [1.165, 1.54) is 20.0 Å². The van der Waals surface area contributed by atoms with Gasteiger partial charge in [0.2, 0.25) is 0 Å². The summed E-state index contributed by atoms with van der Waals surface area (Å²) >= 11 is 0. The van der Waals surface area contributed by atoms with Crippen molar-refractivity contribution in [2.75, 3.05) is 20.8 Å². The van der Waals surface area contributed by atoms with Crippen molar-refractivity contribution in [3.05, 3.63) is 53.0 Å². The number of esters is 1.